The highest BCUT2D eigenvalue weighted by Gasteiger charge is 2.14. The van der Waals surface area contributed by atoms with Gasteiger partial charge in [-0.1, -0.05) is 13.8 Å². The summed E-state index contributed by atoms with van der Waals surface area (Å²) in [5, 5.41) is 0. The van der Waals surface area contributed by atoms with E-state index in [0.717, 1.165) is 19.6 Å². The predicted octanol–water partition coefficient (Wildman–Crippen LogP) is 0.151. The molecule has 0 aliphatic carbocycles. The molecule has 1 aliphatic heterocycles. The second kappa shape index (κ2) is 8.03. The van der Waals surface area contributed by atoms with Gasteiger partial charge < -0.3 is 15.5 Å². The Morgan fingerprint density at radius 2 is 1.88 bits per heavy atom. The molecule has 4 heteroatoms. The second-order valence-electron chi connectivity index (χ2n) is 5.38. The molecule has 1 heterocycles. The Hall–Kier alpha value is -0.160. The van der Waals surface area contributed by atoms with E-state index in [-0.39, 0.29) is 0 Å². The first-order chi connectivity index (χ1) is 8.15. The van der Waals surface area contributed by atoms with Gasteiger partial charge in [0.1, 0.15) is 0 Å². The third-order valence-electron chi connectivity index (χ3n) is 3.75. The number of hydrogen-bond donors (Lipinski definition) is 1. The largest absolute Gasteiger partial charge is 0.330 e. The number of rotatable bonds is 7. The first-order valence-corrected chi connectivity index (χ1v) is 6.99. The second-order valence-corrected chi connectivity index (χ2v) is 5.38. The zero-order valence-corrected chi connectivity index (χ0v) is 11.9. The van der Waals surface area contributed by atoms with Crippen LogP contribution in [-0.4, -0.2) is 80.7 Å². The Morgan fingerprint density at radius 3 is 2.41 bits per heavy atom. The van der Waals surface area contributed by atoms with Crippen LogP contribution in [0.25, 0.3) is 0 Å². The van der Waals surface area contributed by atoms with E-state index in [1.54, 1.807) is 0 Å². The van der Waals surface area contributed by atoms with Gasteiger partial charge in [-0.15, -0.1) is 0 Å². The van der Waals surface area contributed by atoms with Gasteiger partial charge in [-0.25, -0.2) is 0 Å². The standard InChI is InChI=1S/C13H30N4/c1-4-16(12-13(2)11-14)9-10-17-7-5-15(3)6-8-17/h13H,4-12,14H2,1-3H3. The van der Waals surface area contributed by atoms with Crippen LogP contribution < -0.4 is 5.73 Å². The van der Waals surface area contributed by atoms with E-state index in [1.165, 1.54) is 39.3 Å². The predicted molar refractivity (Wildman–Crippen MR) is 74.3 cm³/mol. The van der Waals surface area contributed by atoms with Crippen LogP contribution in [0.15, 0.2) is 0 Å². The molecule has 0 amide bonds. The van der Waals surface area contributed by atoms with Crippen molar-refractivity contribution in [1.29, 1.82) is 0 Å². The average molecular weight is 242 g/mol. The minimum atomic E-state index is 0.613. The zero-order chi connectivity index (χ0) is 12.7. The van der Waals surface area contributed by atoms with E-state index >= 15 is 0 Å². The molecule has 0 aromatic carbocycles. The lowest BCUT2D eigenvalue weighted by atomic mass is 10.1. The quantitative estimate of drug-likeness (QED) is 0.689. The van der Waals surface area contributed by atoms with Crippen molar-refractivity contribution >= 4 is 0 Å². The van der Waals surface area contributed by atoms with E-state index < -0.39 is 0 Å². The highest BCUT2D eigenvalue weighted by atomic mass is 15.3. The third kappa shape index (κ3) is 5.82. The van der Waals surface area contributed by atoms with Crippen LogP contribution in [0.1, 0.15) is 13.8 Å². The molecule has 0 bridgehead atoms. The first kappa shape index (κ1) is 14.9. The maximum atomic E-state index is 5.69. The maximum absolute atomic E-state index is 5.69. The molecule has 4 nitrogen and oxygen atoms in total. The maximum Gasteiger partial charge on any atom is 0.0110 e. The van der Waals surface area contributed by atoms with E-state index in [4.69, 9.17) is 5.73 Å². The summed E-state index contributed by atoms with van der Waals surface area (Å²) >= 11 is 0. The number of nitrogens with zero attached hydrogens (tertiary/aromatic N) is 3. The monoisotopic (exact) mass is 242 g/mol. The fraction of sp³-hybridized carbons (Fsp3) is 1.00. The summed E-state index contributed by atoms with van der Waals surface area (Å²) in [7, 11) is 2.21. The smallest absolute Gasteiger partial charge is 0.0110 e. The molecular formula is C13H30N4. The van der Waals surface area contributed by atoms with Gasteiger partial charge in [0.25, 0.3) is 0 Å². The van der Waals surface area contributed by atoms with E-state index in [1.807, 2.05) is 0 Å². The molecule has 1 saturated heterocycles. The summed E-state index contributed by atoms with van der Waals surface area (Å²) in [5.74, 6) is 0.613. The number of piperazine rings is 1. The fourth-order valence-corrected chi connectivity index (χ4v) is 2.25. The highest BCUT2D eigenvalue weighted by molar-refractivity contribution is 4.71. The van der Waals surface area contributed by atoms with E-state index in [0.29, 0.717) is 5.92 Å². The summed E-state index contributed by atoms with van der Waals surface area (Å²) in [5.41, 5.74) is 5.69. The van der Waals surface area contributed by atoms with Gasteiger partial charge in [0, 0.05) is 45.8 Å². The first-order valence-electron chi connectivity index (χ1n) is 6.99. The van der Waals surface area contributed by atoms with Crippen molar-refractivity contribution in [3.05, 3.63) is 0 Å². The summed E-state index contributed by atoms with van der Waals surface area (Å²) in [6.45, 7) is 14.8. The van der Waals surface area contributed by atoms with Crippen LogP contribution in [0.2, 0.25) is 0 Å². The van der Waals surface area contributed by atoms with Crippen molar-refractivity contribution in [2.45, 2.75) is 13.8 Å². The van der Waals surface area contributed by atoms with Crippen molar-refractivity contribution in [2.75, 3.05) is 66.0 Å². The molecule has 0 radical (unpaired) electrons. The minimum absolute atomic E-state index is 0.613. The molecule has 1 rings (SSSR count). The summed E-state index contributed by atoms with van der Waals surface area (Å²) in [4.78, 5) is 7.51. The third-order valence-corrected chi connectivity index (χ3v) is 3.75. The molecule has 1 atom stereocenters. The normalized spacial score (nSPS) is 21.0. The molecule has 0 aromatic heterocycles. The zero-order valence-electron chi connectivity index (χ0n) is 11.9. The van der Waals surface area contributed by atoms with Crippen LogP contribution in [-0.2, 0) is 0 Å². The fourth-order valence-electron chi connectivity index (χ4n) is 2.25. The summed E-state index contributed by atoms with van der Waals surface area (Å²) in [6, 6.07) is 0. The highest BCUT2D eigenvalue weighted by Crippen LogP contribution is 2.02. The Labute approximate surface area is 107 Å². The number of nitrogens with two attached hydrogens (primary N) is 1. The van der Waals surface area contributed by atoms with E-state index in [9.17, 15) is 0 Å². The Kier molecular flexibility index (Phi) is 7.04. The Morgan fingerprint density at radius 1 is 1.24 bits per heavy atom. The van der Waals surface area contributed by atoms with Crippen molar-refractivity contribution in [1.82, 2.24) is 14.7 Å². The lowest BCUT2D eigenvalue weighted by Gasteiger charge is -2.34. The van der Waals surface area contributed by atoms with Gasteiger partial charge in [0.15, 0.2) is 0 Å². The van der Waals surface area contributed by atoms with Crippen molar-refractivity contribution in [2.24, 2.45) is 11.7 Å². The van der Waals surface area contributed by atoms with Gasteiger partial charge in [0.2, 0.25) is 0 Å². The molecule has 1 aliphatic rings. The molecule has 0 saturated carbocycles. The topological polar surface area (TPSA) is 35.7 Å². The Balaban J connectivity index is 2.18. The van der Waals surface area contributed by atoms with Gasteiger partial charge in [-0.05, 0) is 26.1 Å². The molecular weight excluding hydrogens is 212 g/mol. The average Bonchev–Trinajstić information content (AvgIpc) is 2.36. The number of likely N-dealkylation sites (N-methyl/N-ethyl adjacent to an activating group) is 2. The van der Waals surface area contributed by atoms with Crippen LogP contribution in [0.4, 0.5) is 0 Å². The Bertz CT molecular complexity index is 190. The van der Waals surface area contributed by atoms with Gasteiger partial charge >= 0.3 is 0 Å². The van der Waals surface area contributed by atoms with Crippen LogP contribution in [0.5, 0.6) is 0 Å². The lowest BCUT2D eigenvalue weighted by Crippen LogP contribution is -2.47. The summed E-state index contributed by atoms with van der Waals surface area (Å²) in [6.07, 6.45) is 0. The van der Waals surface area contributed by atoms with Crippen molar-refractivity contribution < 1.29 is 0 Å². The van der Waals surface area contributed by atoms with Crippen LogP contribution >= 0.6 is 0 Å². The lowest BCUT2D eigenvalue weighted by molar-refractivity contribution is 0.132. The SMILES string of the molecule is CCN(CCN1CCN(C)CC1)CC(C)CN. The minimum Gasteiger partial charge on any atom is -0.330 e. The van der Waals surface area contributed by atoms with Crippen molar-refractivity contribution in [3.63, 3.8) is 0 Å². The van der Waals surface area contributed by atoms with Crippen molar-refractivity contribution in [3.8, 4) is 0 Å². The molecule has 1 fully saturated rings. The van der Waals surface area contributed by atoms with Gasteiger partial charge in [-0.3, -0.25) is 4.90 Å². The van der Waals surface area contributed by atoms with Crippen LogP contribution in [0.3, 0.4) is 0 Å². The molecule has 102 valence electrons. The molecule has 17 heavy (non-hydrogen) atoms. The number of hydrogen-bond acceptors (Lipinski definition) is 4. The molecule has 0 spiro atoms. The van der Waals surface area contributed by atoms with Crippen LogP contribution in [0, 0.1) is 5.92 Å². The van der Waals surface area contributed by atoms with Gasteiger partial charge in [-0.2, -0.15) is 0 Å². The van der Waals surface area contributed by atoms with E-state index in [2.05, 4.69) is 35.6 Å². The molecule has 2 N–H and O–H groups in total. The molecule has 0 aromatic rings. The van der Waals surface area contributed by atoms with Gasteiger partial charge in [0.05, 0.1) is 0 Å². The summed E-state index contributed by atoms with van der Waals surface area (Å²) < 4.78 is 0. The molecule has 1 unspecified atom stereocenters.